The van der Waals surface area contributed by atoms with Crippen LogP contribution in [0.1, 0.15) is 38.5 Å². The Morgan fingerprint density at radius 2 is 2.00 bits per heavy atom. The molecular weight excluding hydrogens is 210 g/mol. The molecule has 1 aliphatic carbocycles. The molecular formula is C14H21N3. The van der Waals surface area contributed by atoms with Crippen LogP contribution in [0.15, 0.2) is 18.3 Å². The van der Waals surface area contributed by atoms with Gasteiger partial charge in [0.15, 0.2) is 0 Å². The summed E-state index contributed by atoms with van der Waals surface area (Å²) in [5.74, 6) is 1.97. The van der Waals surface area contributed by atoms with Crippen LogP contribution in [0.2, 0.25) is 0 Å². The van der Waals surface area contributed by atoms with E-state index >= 15 is 0 Å². The molecule has 0 spiro atoms. The maximum absolute atomic E-state index is 5.87. The molecule has 0 amide bonds. The summed E-state index contributed by atoms with van der Waals surface area (Å²) in [6, 6.07) is 4.61. The molecule has 0 unspecified atom stereocenters. The van der Waals surface area contributed by atoms with Crippen LogP contribution in [0.3, 0.4) is 0 Å². The molecule has 2 fully saturated rings. The number of nitrogens with zero attached hydrogens (tertiary/aromatic N) is 2. The van der Waals surface area contributed by atoms with E-state index < -0.39 is 0 Å². The summed E-state index contributed by atoms with van der Waals surface area (Å²) in [6.07, 6.45) is 10.1. The van der Waals surface area contributed by atoms with Gasteiger partial charge in [0.05, 0.1) is 0 Å². The Bertz CT molecular complexity index is 389. The molecule has 2 N–H and O–H groups in total. The molecule has 1 aliphatic heterocycles. The minimum atomic E-state index is 0.715. The second kappa shape index (κ2) is 4.55. The van der Waals surface area contributed by atoms with E-state index in [0.29, 0.717) is 6.04 Å². The first-order valence-corrected chi connectivity index (χ1v) is 6.83. The Kier molecular flexibility index (Phi) is 2.91. The number of aromatic nitrogens is 1. The molecule has 0 aromatic carbocycles. The number of fused-ring (bicyclic) bond motifs is 1. The number of anilines is 2. The summed E-state index contributed by atoms with van der Waals surface area (Å²) >= 11 is 0. The number of hydrogen-bond acceptors (Lipinski definition) is 3. The molecule has 92 valence electrons. The molecule has 3 nitrogen and oxygen atoms in total. The van der Waals surface area contributed by atoms with Gasteiger partial charge in [0.2, 0.25) is 0 Å². The average Bonchev–Trinajstić information content (AvgIpc) is 2.38. The van der Waals surface area contributed by atoms with Gasteiger partial charge in [0.25, 0.3) is 0 Å². The summed E-state index contributed by atoms with van der Waals surface area (Å²) in [5, 5.41) is 0. The van der Waals surface area contributed by atoms with Gasteiger partial charge in [-0.25, -0.2) is 4.98 Å². The maximum Gasteiger partial charge on any atom is 0.130 e. The van der Waals surface area contributed by atoms with Gasteiger partial charge in [-0.2, -0.15) is 0 Å². The number of pyridine rings is 1. The van der Waals surface area contributed by atoms with Crippen LogP contribution in [-0.2, 0) is 0 Å². The van der Waals surface area contributed by atoms with E-state index in [4.69, 9.17) is 5.73 Å². The highest BCUT2D eigenvalue weighted by Gasteiger charge is 2.33. The minimum absolute atomic E-state index is 0.715. The zero-order chi connectivity index (χ0) is 11.7. The number of nitrogen functional groups attached to an aromatic ring is 1. The molecule has 1 aromatic rings. The van der Waals surface area contributed by atoms with Crippen molar-refractivity contribution < 1.29 is 0 Å². The van der Waals surface area contributed by atoms with Crippen LogP contribution in [0.4, 0.5) is 11.5 Å². The molecule has 0 radical (unpaired) electrons. The summed E-state index contributed by atoms with van der Waals surface area (Å²) in [6.45, 7) is 1.15. The Balaban J connectivity index is 1.85. The second-order valence-electron chi connectivity index (χ2n) is 5.39. The summed E-state index contributed by atoms with van der Waals surface area (Å²) in [7, 11) is 0. The number of rotatable bonds is 1. The monoisotopic (exact) mass is 231 g/mol. The van der Waals surface area contributed by atoms with Gasteiger partial charge in [-0.3, -0.25) is 0 Å². The molecule has 1 saturated carbocycles. The van der Waals surface area contributed by atoms with E-state index in [9.17, 15) is 0 Å². The standard InChI is InChI=1S/C14H21N3/c15-12-7-8-16-14(10-12)17-9-3-5-11-4-1-2-6-13(11)17/h7-8,10-11,13H,1-6,9H2,(H2,15,16)/t11-,13-/m1/s1. The average molecular weight is 231 g/mol. The summed E-state index contributed by atoms with van der Waals surface area (Å²) < 4.78 is 0. The molecule has 1 saturated heterocycles. The first kappa shape index (κ1) is 10.9. The molecule has 17 heavy (non-hydrogen) atoms. The molecule has 2 aliphatic rings. The topological polar surface area (TPSA) is 42.1 Å². The predicted molar refractivity (Wildman–Crippen MR) is 71.0 cm³/mol. The lowest BCUT2D eigenvalue weighted by molar-refractivity contribution is 0.243. The van der Waals surface area contributed by atoms with Gasteiger partial charge < -0.3 is 10.6 Å². The van der Waals surface area contributed by atoms with Crippen molar-refractivity contribution in [1.29, 1.82) is 0 Å². The smallest absolute Gasteiger partial charge is 0.130 e. The lowest BCUT2D eigenvalue weighted by Gasteiger charge is -2.44. The van der Waals surface area contributed by atoms with Crippen molar-refractivity contribution in [2.24, 2.45) is 5.92 Å². The van der Waals surface area contributed by atoms with Crippen LogP contribution >= 0.6 is 0 Å². The number of piperidine rings is 1. The Labute approximate surface area is 103 Å². The lowest BCUT2D eigenvalue weighted by atomic mass is 9.78. The third-order valence-corrected chi connectivity index (χ3v) is 4.31. The van der Waals surface area contributed by atoms with Crippen molar-refractivity contribution in [3.05, 3.63) is 18.3 Å². The largest absolute Gasteiger partial charge is 0.399 e. The van der Waals surface area contributed by atoms with Crippen LogP contribution in [0, 0.1) is 5.92 Å². The van der Waals surface area contributed by atoms with E-state index in [-0.39, 0.29) is 0 Å². The Morgan fingerprint density at radius 3 is 2.88 bits per heavy atom. The summed E-state index contributed by atoms with van der Waals surface area (Å²) in [4.78, 5) is 7.00. The number of nitrogens with two attached hydrogens (primary N) is 1. The molecule has 2 atom stereocenters. The zero-order valence-corrected chi connectivity index (χ0v) is 10.3. The SMILES string of the molecule is Nc1ccnc(N2CCC[C@H]3CCCC[C@H]32)c1. The van der Waals surface area contributed by atoms with Gasteiger partial charge >= 0.3 is 0 Å². The fraction of sp³-hybridized carbons (Fsp3) is 0.643. The van der Waals surface area contributed by atoms with E-state index in [0.717, 1.165) is 24.0 Å². The zero-order valence-electron chi connectivity index (χ0n) is 10.3. The van der Waals surface area contributed by atoms with Crippen molar-refractivity contribution in [2.45, 2.75) is 44.6 Å². The van der Waals surface area contributed by atoms with Gasteiger partial charge in [0, 0.05) is 30.5 Å². The Hall–Kier alpha value is -1.25. The van der Waals surface area contributed by atoms with Crippen molar-refractivity contribution in [3.8, 4) is 0 Å². The highest BCUT2D eigenvalue weighted by atomic mass is 15.2. The first-order chi connectivity index (χ1) is 8.34. The highest BCUT2D eigenvalue weighted by Crippen LogP contribution is 2.37. The van der Waals surface area contributed by atoms with Crippen molar-refractivity contribution in [3.63, 3.8) is 0 Å². The first-order valence-electron chi connectivity index (χ1n) is 6.83. The molecule has 2 heterocycles. The third kappa shape index (κ3) is 2.11. The van der Waals surface area contributed by atoms with Crippen molar-refractivity contribution in [2.75, 3.05) is 17.2 Å². The second-order valence-corrected chi connectivity index (χ2v) is 5.39. The van der Waals surface area contributed by atoms with Crippen LogP contribution < -0.4 is 10.6 Å². The van der Waals surface area contributed by atoms with E-state index in [1.165, 1.54) is 38.5 Å². The van der Waals surface area contributed by atoms with Gasteiger partial charge in [-0.1, -0.05) is 12.8 Å². The number of hydrogen-bond donors (Lipinski definition) is 1. The molecule has 0 bridgehead atoms. The van der Waals surface area contributed by atoms with Crippen LogP contribution in [0.25, 0.3) is 0 Å². The quantitative estimate of drug-likeness (QED) is 0.808. The van der Waals surface area contributed by atoms with Gasteiger partial charge in [-0.05, 0) is 37.7 Å². The highest BCUT2D eigenvalue weighted by molar-refractivity contribution is 5.51. The van der Waals surface area contributed by atoms with Crippen LogP contribution in [-0.4, -0.2) is 17.6 Å². The van der Waals surface area contributed by atoms with Gasteiger partial charge in [0.1, 0.15) is 5.82 Å². The lowest BCUT2D eigenvalue weighted by Crippen LogP contribution is -2.47. The molecule has 1 aromatic heterocycles. The minimum Gasteiger partial charge on any atom is -0.399 e. The van der Waals surface area contributed by atoms with E-state index in [1.54, 1.807) is 0 Å². The third-order valence-electron chi connectivity index (χ3n) is 4.31. The fourth-order valence-corrected chi connectivity index (χ4v) is 3.50. The van der Waals surface area contributed by atoms with Gasteiger partial charge in [-0.15, -0.1) is 0 Å². The summed E-state index contributed by atoms with van der Waals surface area (Å²) in [5.41, 5.74) is 6.69. The van der Waals surface area contributed by atoms with E-state index in [1.807, 2.05) is 18.3 Å². The Morgan fingerprint density at radius 1 is 1.18 bits per heavy atom. The fourth-order valence-electron chi connectivity index (χ4n) is 3.50. The van der Waals surface area contributed by atoms with Crippen molar-refractivity contribution >= 4 is 11.5 Å². The molecule has 3 heteroatoms. The molecule has 3 rings (SSSR count). The normalized spacial score (nSPS) is 28.8. The predicted octanol–water partition coefficient (Wildman–Crippen LogP) is 2.82. The maximum atomic E-state index is 5.87. The van der Waals surface area contributed by atoms with Crippen LogP contribution in [0.5, 0.6) is 0 Å². The van der Waals surface area contributed by atoms with Crippen molar-refractivity contribution in [1.82, 2.24) is 4.98 Å². The van der Waals surface area contributed by atoms with E-state index in [2.05, 4.69) is 9.88 Å².